The fourth-order valence-electron chi connectivity index (χ4n) is 1.05. The van der Waals surface area contributed by atoms with Crippen LogP contribution >= 0.6 is 0 Å². The Hall–Kier alpha value is -1.03. The van der Waals surface area contributed by atoms with Crippen molar-refractivity contribution in [2.75, 3.05) is 19.8 Å². The van der Waals surface area contributed by atoms with Crippen molar-refractivity contribution >= 4 is 6.03 Å². The van der Waals surface area contributed by atoms with E-state index in [1.54, 1.807) is 6.08 Å². The lowest BCUT2D eigenvalue weighted by Gasteiger charge is -2.10. The second-order valence-corrected chi connectivity index (χ2v) is 2.70. The average Bonchev–Trinajstić information content (AvgIpc) is 2.53. The van der Waals surface area contributed by atoms with Crippen LogP contribution in [0.15, 0.2) is 12.7 Å². The Balaban J connectivity index is 2.11. The Morgan fingerprint density at radius 3 is 3.17 bits per heavy atom. The monoisotopic (exact) mass is 170 g/mol. The summed E-state index contributed by atoms with van der Waals surface area (Å²) < 4.78 is 5.10. The molecule has 1 heterocycles. The highest BCUT2D eigenvalue weighted by Gasteiger charge is 2.16. The van der Waals surface area contributed by atoms with Gasteiger partial charge in [-0.3, -0.25) is 0 Å². The van der Waals surface area contributed by atoms with E-state index in [-0.39, 0.29) is 12.1 Å². The van der Waals surface area contributed by atoms with E-state index in [9.17, 15) is 4.79 Å². The minimum absolute atomic E-state index is 0.148. The molecule has 1 atom stereocenters. The van der Waals surface area contributed by atoms with Crippen LogP contribution in [0, 0.1) is 0 Å². The number of carbonyl (C=O) groups is 1. The quantitative estimate of drug-likeness (QED) is 0.597. The van der Waals surface area contributed by atoms with E-state index in [4.69, 9.17) is 4.74 Å². The van der Waals surface area contributed by atoms with Crippen molar-refractivity contribution in [3.8, 4) is 0 Å². The zero-order valence-corrected chi connectivity index (χ0v) is 7.01. The van der Waals surface area contributed by atoms with E-state index in [0.717, 1.165) is 13.0 Å². The van der Waals surface area contributed by atoms with Crippen LogP contribution in [0.2, 0.25) is 0 Å². The maximum absolute atomic E-state index is 11.0. The highest BCUT2D eigenvalue weighted by atomic mass is 16.5. The van der Waals surface area contributed by atoms with Gasteiger partial charge < -0.3 is 15.4 Å². The molecule has 1 rings (SSSR count). The molecular weight excluding hydrogens is 156 g/mol. The molecule has 1 aliphatic rings. The van der Waals surface area contributed by atoms with Crippen molar-refractivity contribution in [1.82, 2.24) is 10.6 Å². The molecule has 0 aliphatic carbocycles. The number of rotatable bonds is 3. The number of carbonyl (C=O) groups excluding carboxylic acids is 1. The third-order valence-electron chi connectivity index (χ3n) is 1.67. The number of nitrogens with one attached hydrogen (secondary N) is 2. The maximum Gasteiger partial charge on any atom is 0.315 e. The summed E-state index contributed by atoms with van der Waals surface area (Å²) in [5, 5.41) is 5.43. The van der Waals surface area contributed by atoms with Crippen molar-refractivity contribution in [3.63, 3.8) is 0 Å². The van der Waals surface area contributed by atoms with Gasteiger partial charge in [-0.15, -0.1) is 6.58 Å². The van der Waals surface area contributed by atoms with Crippen LogP contribution in [0.1, 0.15) is 6.42 Å². The summed E-state index contributed by atoms with van der Waals surface area (Å²) in [5.41, 5.74) is 0. The number of amides is 2. The SMILES string of the molecule is C=CCNC(=O)NC1CCOC1. The Kier molecular flexibility index (Phi) is 3.60. The molecule has 1 unspecified atom stereocenters. The Labute approximate surface area is 72.0 Å². The molecule has 0 radical (unpaired) electrons. The predicted octanol–water partition coefficient (Wildman–Crippen LogP) is 0.260. The summed E-state index contributed by atoms with van der Waals surface area (Å²) in [6.45, 7) is 5.37. The first-order chi connectivity index (χ1) is 5.83. The summed E-state index contributed by atoms with van der Waals surface area (Å²) in [6.07, 6.45) is 2.55. The van der Waals surface area contributed by atoms with Gasteiger partial charge in [0.05, 0.1) is 12.6 Å². The van der Waals surface area contributed by atoms with Gasteiger partial charge in [0.1, 0.15) is 0 Å². The van der Waals surface area contributed by atoms with E-state index in [2.05, 4.69) is 17.2 Å². The van der Waals surface area contributed by atoms with Gasteiger partial charge in [-0.1, -0.05) is 6.08 Å². The van der Waals surface area contributed by atoms with Gasteiger partial charge in [0.15, 0.2) is 0 Å². The lowest BCUT2D eigenvalue weighted by Crippen LogP contribution is -2.42. The summed E-state index contributed by atoms with van der Waals surface area (Å²) >= 11 is 0. The fourth-order valence-corrected chi connectivity index (χ4v) is 1.05. The molecule has 0 saturated carbocycles. The first kappa shape index (κ1) is 9.06. The predicted molar refractivity (Wildman–Crippen MR) is 46.0 cm³/mol. The van der Waals surface area contributed by atoms with Gasteiger partial charge >= 0.3 is 6.03 Å². The Bertz CT molecular complexity index is 164. The molecule has 0 bridgehead atoms. The van der Waals surface area contributed by atoms with Crippen molar-refractivity contribution in [1.29, 1.82) is 0 Å². The maximum atomic E-state index is 11.0. The van der Waals surface area contributed by atoms with Crippen molar-refractivity contribution in [2.24, 2.45) is 0 Å². The molecule has 1 fully saturated rings. The highest BCUT2D eigenvalue weighted by Crippen LogP contribution is 2.02. The third kappa shape index (κ3) is 2.92. The van der Waals surface area contributed by atoms with E-state index in [1.807, 2.05) is 0 Å². The van der Waals surface area contributed by atoms with Crippen LogP contribution in [-0.2, 0) is 4.74 Å². The number of hydrogen-bond acceptors (Lipinski definition) is 2. The van der Waals surface area contributed by atoms with Gasteiger partial charge in [0.25, 0.3) is 0 Å². The molecule has 2 N–H and O–H groups in total. The molecule has 0 aromatic rings. The topological polar surface area (TPSA) is 50.4 Å². The normalized spacial score (nSPS) is 21.8. The molecule has 0 spiro atoms. The van der Waals surface area contributed by atoms with Crippen LogP contribution in [0.25, 0.3) is 0 Å². The molecule has 0 aromatic carbocycles. The first-order valence-corrected chi connectivity index (χ1v) is 4.06. The van der Waals surface area contributed by atoms with Crippen LogP contribution in [0.4, 0.5) is 4.79 Å². The van der Waals surface area contributed by atoms with E-state index >= 15 is 0 Å². The summed E-state index contributed by atoms with van der Waals surface area (Å²) in [5.74, 6) is 0. The molecule has 12 heavy (non-hydrogen) atoms. The molecule has 1 saturated heterocycles. The van der Waals surface area contributed by atoms with Crippen molar-refractivity contribution in [3.05, 3.63) is 12.7 Å². The minimum atomic E-state index is -0.148. The summed E-state index contributed by atoms with van der Waals surface area (Å²) in [7, 11) is 0. The smallest absolute Gasteiger partial charge is 0.315 e. The van der Waals surface area contributed by atoms with E-state index in [1.165, 1.54) is 0 Å². The average molecular weight is 170 g/mol. The van der Waals surface area contributed by atoms with Gasteiger partial charge in [-0.25, -0.2) is 4.79 Å². The Morgan fingerprint density at radius 1 is 1.75 bits per heavy atom. The third-order valence-corrected chi connectivity index (χ3v) is 1.67. The molecule has 0 aromatic heterocycles. The van der Waals surface area contributed by atoms with Gasteiger partial charge in [0.2, 0.25) is 0 Å². The Morgan fingerprint density at radius 2 is 2.58 bits per heavy atom. The lowest BCUT2D eigenvalue weighted by atomic mass is 10.3. The number of urea groups is 1. The van der Waals surface area contributed by atoms with Crippen LogP contribution < -0.4 is 10.6 Å². The molecule has 4 heteroatoms. The van der Waals surface area contributed by atoms with Crippen LogP contribution in [0.5, 0.6) is 0 Å². The molecular formula is C8H14N2O2. The van der Waals surface area contributed by atoms with E-state index in [0.29, 0.717) is 13.2 Å². The largest absolute Gasteiger partial charge is 0.379 e. The second-order valence-electron chi connectivity index (χ2n) is 2.70. The summed E-state index contributed by atoms with van der Waals surface area (Å²) in [4.78, 5) is 11.0. The van der Waals surface area contributed by atoms with Gasteiger partial charge in [-0.2, -0.15) is 0 Å². The second kappa shape index (κ2) is 4.77. The standard InChI is InChI=1S/C8H14N2O2/c1-2-4-9-8(11)10-7-3-5-12-6-7/h2,7H,1,3-6H2,(H2,9,10,11). The summed E-state index contributed by atoms with van der Waals surface area (Å²) in [6, 6.07) is 0.0280. The van der Waals surface area contributed by atoms with Crippen LogP contribution in [-0.4, -0.2) is 31.8 Å². The van der Waals surface area contributed by atoms with E-state index < -0.39 is 0 Å². The fraction of sp³-hybridized carbons (Fsp3) is 0.625. The highest BCUT2D eigenvalue weighted by molar-refractivity contribution is 5.74. The van der Waals surface area contributed by atoms with Gasteiger partial charge in [0, 0.05) is 13.2 Å². The first-order valence-electron chi connectivity index (χ1n) is 4.06. The zero-order chi connectivity index (χ0) is 8.81. The van der Waals surface area contributed by atoms with Gasteiger partial charge in [-0.05, 0) is 6.42 Å². The van der Waals surface area contributed by atoms with Crippen molar-refractivity contribution in [2.45, 2.75) is 12.5 Å². The molecule has 2 amide bonds. The zero-order valence-electron chi connectivity index (χ0n) is 7.01. The lowest BCUT2D eigenvalue weighted by molar-refractivity contribution is 0.188. The number of ether oxygens (including phenoxy) is 1. The molecule has 1 aliphatic heterocycles. The van der Waals surface area contributed by atoms with Crippen LogP contribution in [0.3, 0.4) is 0 Å². The van der Waals surface area contributed by atoms with Crippen molar-refractivity contribution < 1.29 is 9.53 Å². The molecule has 68 valence electrons. The molecule has 4 nitrogen and oxygen atoms in total. The number of hydrogen-bond donors (Lipinski definition) is 2. The minimum Gasteiger partial charge on any atom is -0.379 e.